The highest BCUT2D eigenvalue weighted by Gasteiger charge is 2.36. The maximum atomic E-state index is 12.6. The molecule has 0 aliphatic rings. The number of carbonyl (C=O) groups is 2. The molecule has 0 fully saturated rings. The molecular formula is C17H26NO5P. The SMILES string of the molecule is CC(C)(C)OC(=O)C(Cc1ccccc1)C(=O)C(N)OP(C)(C)=O. The summed E-state index contributed by atoms with van der Waals surface area (Å²) < 4.78 is 22.1. The molecule has 1 aromatic carbocycles. The lowest BCUT2D eigenvalue weighted by Gasteiger charge is -2.25. The van der Waals surface area contributed by atoms with Crippen LogP contribution in [0.5, 0.6) is 0 Å². The summed E-state index contributed by atoms with van der Waals surface area (Å²) in [5, 5.41) is 0. The number of nitrogens with two attached hydrogens (primary N) is 1. The molecule has 0 aromatic heterocycles. The molecule has 134 valence electrons. The Morgan fingerprint density at radius 2 is 1.71 bits per heavy atom. The van der Waals surface area contributed by atoms with E-state index >= 15 is 0 Å². The van der Waals surface area contributed by atoms with Crippen LogP contribution < -0.4 is 5.73 Å². The molecule has 0 aliphatic heterocycles. The summed E-state index contributed by atoms with van der Waals surface area (Å²) in [4.78, 5) is 25.0. The first-order chi connectivity index (χ1) is 10.9. The second-order valence-electron chi connectivity index (χ2n) is 6.96. The standard InChI is InChI=1S/C17H26NO5P/c1-17(2,3)22-16(20)13(11-12-9-7-6-8-10-12)14(19)15(18)23-24(4,5)21/h6-10,13,15H,11,18H2,1-5H3. The van der Waals surface area contributed by atoms with Crippen molar-refractivity contribution >= 4 is 19.1 Å². The van der Waals surface area contributed by atoms with Crippen molar-refractivity contribution in [1.29, 1.82) is 0 Å². The Kier molecular flexibility index (Phi) is 6.90. The first-order valence-electron chi connectivity index (χ1n) is 7.68. The van der Waals surface area contributed by atoms with Gasteiger partial charge in [0.2, 0.25) is 0 Å². The molecule has 7 heteroatoms. The van der Waals surface area contributed by atoms with Crippen LogP contribution in [-0.4, -0.2) is 36.9 Å². The zero-order chi connectivity index (χ0) is 18.5. The molecule has 2 atom stereocenters. The Bertz CT molecular complexity index is 618. The van der Waals surface area contributed by atoms with Crippen molar-refractivity contribution < 1.29 is 23.4 Å². The van der Waals surface area contributed by atoms with Gasteiger partial charge in [-0.25, -0.2) is 0 Å². The average Bonchev–Trinajstić information content (AvgIpc) is 2.41. The molecule has 2 N–H and O–H groups in total. The summed E-state index contributed by atoms with van der Waals surface area (Å²) in [5.41, 5.74) is 5.77. The molecule has 0 spiro atoms. The van der Waals surface area contributed by atoms with E-state index < -0.39 is 36.9 Å². The van der Waals surface area contributed by atoms with Crippen LogP contribution in [0.1, 0.15) is 26.3 Å². The normalized spacial score (nSPS) is 14.8. The van der Waals surface area contributed by atoms with E-state index in [2.05, 4.69) is 0 Å². The average molecular weight is 355 g/mol. The van der Waals surface area contributed by atoms with Crippen LogP contribution in [0.15, 0.2) is 30.3 Å². The number of benzene rings is 1. The van der Waals surface area contributed by atoms with E-state index in [4.69, 9.17) is 15.0 Å². The van der Waals surface area contributed by atoms with Gasteiger partial charge in [-0.15, -0.1) is 0 Å². The largest absolute Gasteiger partial charge is 0.459 e. The van der Waals surface area contributed by atoms with Crippen molar-refractivity contribution in [3.05, 3.63) is 35.9 Å². The summed E-state index contributed by atoms with van der Waals surface area (Å²) in [5.74, 6) is -2.43. The molecule has 0 saturated heterocycles. The molecule has 1 aromatic rings. The van der Waals surface area contributed by atoms with Gasteiger partial charge < -0.3 is 9.26 Å². The third kappa shape index (κ3) is 7.39. The number of esters is 1. The van der Waals surface area contributed by atoms with Gasteiger partial charge in [-0.05, 0) is 32.8 Å². The number of hydrogen-bond donors (Lipinski definition) is 1. The Balaban J connectivity index is 3.01. The Morgan fingerprint density at radius 3 is 2.17 bits per heavy atom. The fourth-order valence-electron chi connectivity index (χ4n) is 2.05. The predicted molar refractivity (Wildman–Crippen MR) is 93.0 cm³/mol. The van der Waals surface area contributed by atoms with Crippen molar-refractivity contribution in [3.8, 4) is 0 Å². The molecule has 0 amide bonds. The fourth-order valence-corrected chi connectivity index (χ4v) is 2.70. The van der Waals surface area contributed by atoms with Gasteiger partial charge in [0.1, 0.15) is 11.5 Å². The van der Waals surface area contributed by atoms with E-state index in [-0.39, 0.29) is 6.42 Å². The molecular weight excluding hydrogens is 329 g/mol. The Hall–Kier alpha value is -1.49. The molecule has 6 nitrogen and oxygen atoms in total. The van der Waals surface area contributed by atoms with Crippen LogP contribution in [-0.2, 0) is 29.8 Å². The minimum atomic E-state index is -2.97. The fraction of sp³-hybridized carbons (Fsp3) is 0.529. The first kappa shape index (κ1) is 20.6. The smallest absolute Gasteiger partial charge is 0.317 e. The molecule has 0 aliphatic carbocycles. The topological polar surface area (TPSA) is 95.7 Å². The van der Waals surface area contributed by atoms with Crippen LogP contribution in [0.2, 0.25) is 0 Å². The zero-order valence-corrected chi connectivity index (χ0v) is 15.7. The van der Waals surface area contributed by atoms with Crippen LogP contribution in [0.25, 0.3) is 0 Å². The van der Waals surface area contributed by atoms with Gasteiger partial charge in [0.25, 0.3) is 0 Å². The second kappa shape index (κ2) is 8.06. The Morgan fingerprint density at radius 1 is 1.17 bits per heavy atom. The van der Waals surface area contributed by atoms with Crippen molar-refractivity contribution in [2.75, 3.05) is 13.3 Å². The van der Waals surface area contributed by atoms with Gasteiger partial charge in [-0.2, -0.15) is 0 Å². The lowest BCUT2D eigenvalue weighted by molar-refractivity contribution is -0.163. The number of ether oxygens (including phenoxy) is 1. The van der Waals surface area contributed by atoms with E-state index in [1.54, 1.807) is 20.8 Å². The van der Waals surface area contributed by atoms with Gasteiger partial charge in [0.05, 0.1) is 0 Å². The van der Waals surface area contributed by atoms with Crippen molar-refractivity contribution in [2.24, 2.45) is 11.7 Å². The number of hydrogen-bond acceptors (Lipinski definition) is 6. The number of carbonyl (C=O) groups excluding carboxylic acids is 2. The van der Waals surface area contributed by atoms with Crippen molar-refractivity contribution in [2.45, 2.75) is 39.0 Å². The highest BCUT2D eigenvalue weighted by molar-refractivity contribution is 7.57. The van der Waals surface area contributed by atoms with Crippen LogP contribution in [0.4, 0.5) is 0 Å². The van der Waals surface area contributed by atoms with E-state index in [0.29, 0.717) is 0 Å². The third-order valence-electron chi connectivity index (χ3n) is 2.97. The Labute approximate surface area is 143 Å². The summed E-state index contributed by atoms with van der Waals surface area (Å²) in [7, 11) is -2.97. The van der Waals surface area contributed by atoms with Crippen molar-refractivity contribution in [1.82, 2.24) is 0 Å². The molecule has 1 rings (SSSR count). The second-order valence-corrected chi connectivity index (χ2v) is 9.67. The molecule has 0 radical (unpaired) electrons. The van der Waals surface area contributed by atoms with E-state index in [0.717, 1.165) is 5.56 Å². The third-order valence-corrected chi connectivity index (χ3v) is 3.70. The number of Topliss-reactive ketones (excluding diaryl/α,β-unsaturated/α-hetero) is 1. The number of rotatable bonds is 7. The summed E-state index contributed by atoms with van der Waals surface area (Å²) >= 11 is 0. The van der Waals surface area contributed by atoms with Gasteiger partial charge in [0.15, 0.2) is 19.4 Å². The van der Waals surface area contributed by atoms with Crippen molar-refractivity contribution in [3.63, 3.8) is 0 Å². The minimum Gasteiger partial charge on any atom is -0.459 e. The van der Waals surface area contributed by atoms with Crippen LogP contribution in [0.3, 0.4) is 0 Å². The van der Waals surface area contributed by atoms with E-state index in [1.807, 2.05) is 30.3 Å². The predicted octanol–water partition coefficient (Wildman–Crippen LogP) is 2.60. The van der Waals surface area contributed by atoms with Gasteiger partial charge in [-0.1, -0.05) is 30.3 Å². The lowest BCUT2D eigenvalue weighted by atomic mass is 9.94. The molecule has 0 saturated carbocycles. The summed E-state index contributed by atoms with van der Waals surface area (Å²) in [6.07, 6.45) is -1.30. The van der Waals surface area contributed by atoms with E-state index in [9.17, 15) is 14.2 Å². The maximum absolute atomic E-state index is 12.6. The van der Waals surface area contributed by atoms with E-state index in [1.165, 1.54) is 13.3 Å². The molecule has 0 heterocycles. The molecule has 0 bridgehead atoms. The minimum absolute atomic E-state index is 0.142. The first-order valence-corrected chi connectivity index (χ1v) is 10.2. The highest BCUT2D eigenvalue weighted by atomic mass is 31.2. The van der Waals surface area contributed by atoms with Gasteiger partial charge in [-0.3, -0.25) is 19.9 Å². The quantitative estimate of drug-likeness (QED) is 0.350. The summed E-state index contributed by atoms with van der Waals surface area (Å²) in [6, 6.07) is 9.08. The highest BCUT2D eigenvalue weighted by Crippen LogP contribution is 2.38. The summed E-state index contributed by atoms with van der Waals surface area (Å²) in [6.45, 7) is 7.88. The molecule has 24 heavy (non-hydrogen) atoms. The zero-order valence-electron chi connectivity index (χ0n) is 14.8. The monoisotopic (exact) mass is 355 g/mol. The number of ketones is 1. The van der Waals surface area contributed by atoms with Crippen LogP contribution in [0, 0.1) is 5.92 Å². The van der Waals surface area contributed by atoms with Gasteiger partial charge in [0, 0.05) is 13.3 Å². The van der Waals surface area contributed by atoms with Gasteiger partial charge >= 0.3 is 5.97 Å². The lowest BCUT2D eigenvalue weighted by Crippen LogP contribution is -2.43. The molecule has 2 unspecified atom stereocenters. The van der Waals surface area contributed by atoms with Crippen LogP contribution >= 0.6 is 7.37 Å². The maximum Gasteiger partial charge on any atom is 0.317 e.